The minimum atomic E-state index is -0.145. The molecule has 0 atom stereocenters. The van der Waals surface area contributed by atoms with Crippen LogP contribution in [0.2, 0.25) is 0 Å². The quantitative estimate of drug-likeness (QED) is 0.816. The molecule has 0 saturated carbocycles. The Morgan fingerprint density at radius 2 is 2.12 bits per heavy atom. The van der Waals surface area contributed by atoms with Crippen molar-refractivity contribution >= 4 is 34.8 Å². The van der Waals surface area contributed by atoms with Gasteiger partial charge in [-0.1, -0.05) is 6.07 Å². The van der Waals surface area contributed by atoms with Gasteiger partial charge in [-0.25, -0.2) is 5.43 Å². The van der Waals surface area contributed by atoms with Gasteiger partial charge in [-0.05, 0) is 30.2 Å². The largest absolute Gasteiger partial charge is 0.356 e. The van der Waals surface area contributed by atoms with Crippen molar-refractivity contribution in [2.24, 2.45) is 11.0 Å². The molecule has 25 heavy (non-hydrogen) atoms. The highest BCUT2D eigenvalue weighted by atomic mass is 32.1. The summed E-state index contributed by atoms with van der Waals surface area (Å²) in [5.41, 5.74) is 2.80. The molecule has 2 aliphatic rings. The minimum absolute atomic E-state index is 0.0493. The molecule has 1 aromatic heterocycles. The molecule has 0 radical (unpaired) electrons. The second kappa shape index (κ2) is 8.24. The Bertz CT molecular complexity index is 663. The van der Waals surface area contributed by atoms with Crippen LogP contribution >= 0.6 is 11.3 Å². The van der Waals surface area contributed by atoms with Crippen LogP contribution in [0, 0.1) is 5.92 Å². The van der Waals surface area contributed by atoms with E-state index in [0.29, 0.717) is 50.5 Å². The number of nitrogens with zero attached hydrogens (tertiary/aromatic N) is 2. The number of piperidine rings is 1. The fourth-order valence-electron chi connectivity index (χ4n) is 3.04. The molecule has 1 saturated heterocycles. The highest BCUT2D eigenvalue weighted by molar-refractivity contribution is 7.10. The first-order valence-corrected chi connectivity index (χ1v) is 9.43. The van der Waals surface area contributed by atoms with Crippen molar-refractivity contribution in [2.45, 2.75) is 32.1 Å². The molecule has 1 fully saturated rings. The molecule has 3 rings (SSSR count). The third kappa shape index (κ3) is 4.88. The number of likely N-dealkylation sites (tertiary alicyclic amines) is 1. The van der Waals surface area contributed by atoms with Crippen molar-refractivity contribution in [1.82, 2.24) is 15.6 Å². The average molecular weight is 362 g/mol. The van der Waals surface area contributed by atoms with Crippen LogP contribution in [0.5, 0.6) is 0 Å². The summed E-state index contributed by atoms with van der Waals surface area (Å²) in [5, 5.41) is 8.84. The Balaban J connectivity index is 1.39. The number of hydrazone groups is 1. The number of hydrogen-bond acceptors (Lipinski definition) is 5. The summed E-state index contributed by atoms with van der Waals surface area (Å²) < 4.78 is 0. The zero-order valence-electron chi connectivity index (χ0n) is 14.0. The predicted octanol–water partition coefficient (Wildman–Crippen LogP) is 0.911. The Labute approximate surface area is 150 Å². The smallest absolute Gasteiger partial charge is 0.270 e. The standard InChI is InChI=1S/C17H22N4O3S/c22-15-4-3-14(19-20-15)17(24)21-7-5-12(6-8-21)11-18-16(23)10-13-2-1-9-25-13/h1-2,9,12H,3-8,10-11H2,(H,18,23)(H,20,22). The molecule has 0 spiro atoms. The second-order valence-corrected chi connectivity index (χ2v) is 7.42. The lowest BCUT2D eigenvalue weighted by atomic mass is 9.96. The van der Waals surface area contributed by atoms with Crippen LogP contribution in [0.1, 0.15) is 30.6 Å². The van der Waals surface area contributed by atoms with Crippen LogP contribution in [0.25, 0.3) is 0 Å². The average Bonchev–Trinajstić information content (AvgIpc) is 3.13. The highest BCUT2D eigenvalue weighted by Crippen LogP contribution is 2.18. The molecule has 3 heterocycles. The van der Waals surface area contributed by atoms with E-state index < -0.39 is 0 Å². The highest BCUT2D eigenvalue weighted by Gasteiger charge is 2.27. The summed E-state index contributed by atoms with van der Waals surface area (Å²) in [6, 6.07) is 3.91. The van der Waals surface area contributed by atoms with Gasteiger partial charge in [0.25, 0.3) is 5.91 Å². The van der Waals surface area contributed by atoms with Crippen molar-refractivity contribution < 1.29 is 14.4 Å². The molecule has 3 amide bonds. The SMILES string of the molecule is O=C(Cc1cccs1)NCC1CCN(C(=O)C2=NNC(=O)CC2)CC1. The van der Waals surface area contributed by atoms with Gasteiger partial charge in [-0.3, -0.25) is 14.4 Å². The van der Waals surface area contributed by atoms with E-state index in [1.807, 2.05) is 17.5 Å². The van der Waals surface area contributed by atoms with Crippen molar-refractivity contribution in [3.8, 4) is 0 Å². The first kappa shape index (κ1) is 17.6. The van der Waals surface area contributed by atoms with Gasteiger partial charge in [0.15, 0.2) is 0 Å². The van der Waals surface area contributed by atoms with Crippen LogP contribution in [0.4, 0.5) is 0 Å². The Hall–Kier alpha value is -2.22. The molecule has 0 unspecified atom stereocenters. The number of carbonyl (C=O) groups excluding carboxylic acids is 3. The number of thiophene rings is 1. The minimum Gasteiger partial charge on any atom is -0.356 e. The zero-order chi connectivity index (χ0) is 17.6. The summed E-state index contributed by atoms with van der Waals surface area (Å²) in [6.45, 7) is 1.98. The van der Waals surface area contributed by atoms with E-state index in [-0.39, 0.29) is 17.7 Å². The molecule has 2 N–H and O–H groups in total. The Morgan fingerprint density at radius 1 is 1.32 bits per heavy atom. The van der Waals surface area contributed by atoms with E-state index >= 15 is 0 Å². The van der Waals surface area contributed by atoms with Gasteiger partial charge in [0, 0.05) is 37.4 Å². The number of nitrogens with one attached hydrogen (secondary N) is 2. The number of carbonyl (C=O) groups is 3. The summed E-state index contributed by atoms with van der Waals surface area (Å²) >= 11 is 1.59. The van der Waals surface area contributed by atoms with Gasteiger partial charge in [0.2, 0.25) is 11.8 Å². The topological polar surface area (TPSA) is 90.9 Å². The first-order chi connectivity index (χ1) is 12.1. The van der Waals surface area contributed by atoms with Crippen LogP contribution < -0.4 is 10.7 Å². The zero-order valence-corrected chi connectivity index (χ0v) is 14.8. The maximum Gasteiger partial charge on any atom is 0.270 e. The third-order valence-electron chi connectivity index (χ3n) is 4.56. The second-order valence-electron chi connectivity index (χ2n) is 6.39. The molecule has 0 aromatic carbocycles. The van der Waals surface area contributed by atoms with Crippen LogP contribution in [-0.4, -0.2) is 48.0 Å². The summed E-state index contributed by atoms with van der Waals surface area (Å²) in [6.07, 6.45) is 2.89. The van der Waals surface area contributed by atoms with E-state index in [9.17, 15) is 14.4 Å². The van der Waals surface area contributed by atoms with Crippen LogP contribution in [0.15, 0.2) is 22.6 Å². The fourth-order valence-corrected chi connectivity index (χ4v) is 3.75. The van der Waals surface area contributed by atoms with E-state index in [1.165, 1.54) is 0 Å². The van der Waals surface area contributed by atoms with Gasteiger partial charge in [-0.15, -0.1) is 11.3 Å². The predicted molar refractivity (Wildman–Crippen MR) is 95.1 cm³/mol. The van der Waals surface area contributed by atoms with Gasteiger partial charge >= 0.3 is 0 Å². The molecule has 8 heteroatoms. The Morgan fingerprint density at radius 3 is 2.76 bits per heavy atom. The summed E-state index contributed by atoms with van der Waals surface area (Å²) in [7, 11) is 0. The molecular weight excluding hydrogens is 340 g/mol. The van der Waals surface area contributed by atoms with Crippen molar-refractivity contribution in [2.75, 3.05) is 19.6 Å². The monoisotopic (exact) mass is 362 g/mol. The van der Waals surface area contributed by atoms with Crippen molar-refractivity contribution in [3.63, 3.8) is 0 Å². The van der Waals surface area contributed by atoms with Gasteiger partial charge in [-0.2, -0.15) is 5.10 Å². The number of rotatable bonds is 5. The molecule has 0 aliphatic carbocycles. The van der Waals surface area contributed by atoms with E-state index in [0.717, 1.165) is 17.7 Å². The van der Waals surface area contributed by atoms with E-state index in [4.69, 9.17) is 0 Å². The van der Waals surface area contributed by atoms with E-state index in [1.54, 1.807) is 16.2 Å². The van der Waals surface area contributed by atoms with Crippen LogP contribution in [-0.2, 0) is 20.8 Å². The molecule has 7 nitrogen and oxygen atoms in total. The lowest BCUT2D eigenvalue weighted by Gasteiger charge is -2.32. The first-order valence-electron chi connectivity index (χ1n) is 8.55. The van der Waals surface area contributed by atoms with E-state index in [2.05, 4.69) is 15.8 Å². The molecule has 0 bridgehead atoms. The maximum absolute atomic E-state index is 12.4. The lowest BCUT2D eigenvalue weighted by Crippen LogP contribution is -2.45. The maximum atomic E-state index is 12.4. The molecular formula is C17H22N4O3S. The fraction of sp³-hybridized carbons (Fsp3) is 0.529. The normalized spacial score (nSPS) is 18.5. The van der Waals surface area contributed by atoms with Gasteiger partial charge in [0.1, 0.15) is 5.71 Å². The van der Waals surface area contributed by atoms with Crippen molar-refractivity contribution in [3.05, 3.63) is 22.4 Å². The number of amides is 3. The van der Waals surface area contributed by atoms with Crippen molar-refractivity contribution in [1.29, 1.82) is 0 Å². The molecule has 2 aliphatic heterocycles. The van der Waals surface area contributed by atoms with Gasteiger partial charge < -0.3 is 10.2 Å². The summed E-state index contributed by atoms with van der Waals surface area (Å²) in [5.74, 6) is 0.214. The molecule has 134 valence electrons. The summed E-state index contributed by atoms with van der Waals surface area (Å²) in [4.78, 5) is 38.3. The third-order valence-corrected chi connectivity index (χ3v) is 5.43. The molecule has 1 aromatic rings. The van der Waals surface area contributed by atoms with Gasteiger partial charge in [0.05, 0.1) is 6.42 Å². The number of hydrogen-bond donors (Lipinski definition) is 2. The Kier molecular flexibility index (Phi) is 5.80. The lowest BCUT2D eigenvalue weighted by molar-refractivity contribution is -0.126. The van der Waals surface area contributed by atoms with Crippen LogP contribution in [0.3, 0.4) is 0 Å².